The molecule has 7 aromatic carbocycles. The van der Waals surface area contributed by atoms with Gasteiger partial charge in [0.15, 0.2) is 0 Å². The second-order valence-electron chi connectivity index (χ2n) is 13.1. The van der Waals surface area contributed by atoms with Crippen molar-refractivity contribution in [3.05, 3.63) is 180 Å². The maximum Gasteiger partial charge on any atom is 0.0468 e. The van der Waals surface area contributed by atoms with Gasteiger partial charge in [0.05, 0.1) is 0 Å². The van der Waals surface area contributed by atoms with Gasteiger partial charge in [-0.05, 0) is 140 Å². The third-order valence-corrected chi connectivity index (χ3v) is 10.4. The van der Waals surface area contributed by atoms with Gasteiger partial charge >= 0.3 is 0 Å². The number of hydrogen-bond donors (Lipinski definition) is 0. The highest BCUT2D eigenvalue weighted by molar-refractivity contribution is 7.25. The number of thiophene rings is 1. The lowest BCUT2D eigenvalue weighted by Crippen LogP contribution is -2.10. The number of hydrogen-bond acceptors (Lipinski definition) is 3. The second-order valence-corrected chi connectivity index (χ2v) is 14.1. The van der Waals surface area contributed by atoms with Gasteiger partial charge in [0.2, 0.25) is 0 Å². The minimum Gasteiger partial charge on any atom is -0.310 e. The van der Waals surface area contributed by atoms with Crippen molar-refractivity contribution in [3.8, 4) is 11.1 Å². The van der Waals surface area contributed by atoms with Crippen molar-refractivity contribution >= 4 is 65.6 Å². The first-order chi connectivity index (χ1) is 23.9. The fourth-order valence-corrected chi connectivity index (χ4v) is 7.84. The van der Waals surface area contributed by atoms with Crippen LogP contribution >= 0.6 is 11.3 Å². The molecule has 0 saturated heterocycles. The minimum atomic E-state index is 1.13. The Hall–Kier alpha value is -5.64. The number of nitrogens with zero attached hydrogens (tertiary/aromatic N) is 2. The third-order valence-electron chi connectivity index (χ3n) is 9.24. The molecule has 0 saturated carbocycles. The van der Waals surface area contributed by atoms with E-state index in [-0.39, 0.29) is 0 Å². The number of fused-ring (bicyclic) bond motifs is 3. The predicted octanol–water partition coefficient (Wildman–Crippen LogP) is 13.9. The van der Waals surface area contributed by atoms with E-state index in [9.17, 15) is 0 Å². The Morgan fingerprint density at radius 1 is 0.327 bits per heavy atom. The Labute approximate surface area is 293 Å². The zero-order valence-corrected chi connectivity index (χ0v) is 29.1. The van der Waals surface area contributed by atoms with E-state index in [2.05, 4.69) is 195 Å². The smallest absolute Gasteiger partial charge is 0.0468 e. The summed E-state index contributed by atoms with van der Waals surface area (Å²) >= 11 is 1.86. The summed E-state index contributed by atoms with van der Waals surface area (Å²) in [5, 5.41) is 2.53. The van der Waals surface area contributed by atoms with Gasteiger partial charge in [0, 0.05) is 54.3 Å². The maximum atomic E-state index is 2.38. The monoisotopic (exact) mass is 650 g/mol. The average Bonchev–Trinajstić information content (AvgIpc) is 3.47. The van der Waals surface area contributed by atoms with Crippen LogP contribution < -0.4 is 9.80 Å². The Morgan fingerprint density at radius 2 is 0.694 bits per heavy atom. The third kappa shape index (κ3) is 6.10. The van der Waals surface area contributed by atoms with Crippen LogP contribution in [0.1, 0.15) is 22.3 Å². The lowest BCUT2D eigenvalue weighted by Gasteiger charge is -2.26. The highest BCUT2D eigenvalue weighted by atomic mass is 32.1. The molecule has 0 N–H and O–H groups in total. The molecule has 0 amide bonds. The van der Waals surface area contributed by atoms with Crippen LogP contribution in [0.5, 0.6) is 0 Å². The van der Waals surface area contributed by atoms with E-state index < -0.39 is 0 Å². The quantitative estimate of drug-likeness (QED) is 0.169. The molecule has 0 fully saturated rings. The number of rotatable bonds is 7. The molecule has 1 aromatic heterocycles. The van der Waals surface area contributed by atoms with E-state index in [1.807, 2.05) is 11.3 Å². The number of benzene rings is 7. The summed E-state index contributed by atoms with van der Waals surface area (Å²) in [6.07, 6.45) is 0. The van der Waals surface area contributed by atoms with E-state index in [4.69, 9.17) is 0 Å². The molecule has 49 heavy (non-hydrogen) atoms. The molecule has 0 radical (unpaired) electrons. The molecule has 0 aliphatic rings. The minimum absolute atomic E-state index is 1.13. The normalized spacial score (nSPS) is 11.3. The van der Waals surface area contributed by atoms with Crippen LogP contribution in [0.3, 0.4) is 0 Å². The molecule has 3 heteroatoms. The molecule has 1 heterocycles. The molecule has 0 atom stereocenters. The summed E-state index contributed by atoms with van der Waals surface area (Å²) in [5.41, 5.74) is 14.3. The van der Waals surface area contributed by atoms with E-state index in [0.29, 0.717) is 0 Å². The summed E-state index contributed by atoms with van der Waals surface area (Å²) in [6.45, 7) is 8.61. The number of aryl methyl sites for hydroxylation is 4. The molecule has 0 unspecified atom stereocenters. The molecular weight excluding hydrogens is 613 g/mol. The van der Waals surface area contributed by atoms with E-state index in [1.54, 1.807) is 0 Å². The molecule has 0 bridgehead atoms. The zero-order chi connectivity index (χ0) is 33.5. The van der Waals surface area contributed by atoms with Crippen LogP contribution in [0, 0.1) is 27.7 Å². The Balaban J connectivity index is 1.26. The lowest BCUT2D eigenvalue weighted by atomic mass is 10.0. The summed E-state index contributed by atoms with van der Waals surface area (Å²) < 4.78 is 2.57. The van der Waals surface area contributed by atoms with Gasteiger partial charge in [0.1, 0.15) is 0 Å². The first-order valence-corrected chi connectivity index (χ1v) is 17.6. The van der Waals surface area contributed by atoms with Crippen molar-refractivity contribution in [1.29, 1.82) is 0 Å². The summed E-state index contributed by atoms with van der Waals surface area (Å²) in [5.74, 6) is 0. The van der Waals surface area contributed by atoms with Crippen LogP contribution in [0.2, 0.25) is 0 Å². The van der Waals surface area contributed by atoms with E-state index >= 15 is 0 Å². The van der Waals surface area contributed by atoms with Gasteiger partial charge in [-0.25, -0.2) is 0 Å². The number of anilines is 6. The van der Waals surface area contributed by atoms with Gasteiger partial charge in [-0.3, -0.25) is 0 Å². The molecule has 0 aliphatic heterocycles. The van der Waals surface area contributed by atoms with Crippen LogP contribution in [0.25, 0.3) is 31.3 Å². The van der Waals surface area contributed by atoms with Crippen LogP contribution in [0.15, 0.2) is 158 Å². The molecule has 8 aromatic rings. The van der Waals surface area contributed by atoms with Crippen LogP contribution in [-0.2, 0) is 0 Å². The average molecular weight is 651 g/mol. The molecule has 2 nitrogen and oxygen atoms in total. The zero-order valence-electron chi connectivity index (χ0n) is 28.3. The fraction of sp³-hybridized carbons (Fsp3) is 0.0870. The van der Waals surface area contributed by atoms with Gasteiger partial charge in [-0.1, -0.05) is 78.4 Å². The van der Waals surface area contributed by atoms with Gasteiger partial charge in [-0.2, -0.15) is 0 Å². The Morgan fingerprint density at radius 3 is 1.12 bits per heavy atom. The molecular formula is C46H38N2S. The maximum absolute atomic E-state index is 2.38. The standard InChI is InChI=1S/C46H38N2S/c1-31-14-16-35(17-15-31)36-18-20-37(21-19-36)47(38-11-5-8-32(2)26-38)41-22-24-45-43(29-41)44-30-42(23-25-46(44)49-45)48(39-12-6-9-33(3)27-39)40-13-7-10-34(4)28-40/h5-30H,1-4H3. The molecule has 0 aliphatic carbocycles. The van der Waals surface area contributed by atoms with Gasteiger partial charge < -0.3 is 9.80 Å². The predicted molar refractivity (Wildman–Crippen MR) is 213 cm³/mol. The summed E-state index contributed by atoms with van der Waals surface area (Å²) in [7, 11) is 0. The van der Waals surface area contributed by atoms with E-state index in [0.717, 1.165) is 34.1 Å². The van der Waals surface area contributed by atoms with Gasteiger partial charge in [-0.15, -0.1) is 11.3 Å². The summed E-state index contributed by atoms with van der Waals surface area (Å²) in [4.78, 5) is 4.76. The van der Waals surface area contributed by atoms with Crippen LogP contribution in [-0.4, -0.2) is 0 Å². The van der Waals surface area contributed by atoms with Crippen molar-refractivity contribution in [2.75, 3.05) is 9.80 Å². The van der Waals surface area contributed by atoms with Crippen molar-refractivity contribution in [3.63, 3.8) is 0 Å². The Bertz CT molecular complexity index is 2390. The van der Waals surface area contributed by atoms with Gasteiger partial charge in [0.25, 0.3) is 0 Å². The van der Waals surface area contributed by atoms with Crippen LogP contribution in [0.4, 0.5) is 34.1 Å². The largest absolute Gasteiger partial charge is 0.310 e. The fourth-order valence-electron chi connectivity index (χ4n) is 6.78. The van der Waals surface area contributed by atoms with Crippen molar-refractivity contribution in [2.24, 2.45) is 0 Å². The van der Waals surface area contributed by atoms with E-state index in [1.165, 1.54) is 53.6 Å². The van der Waals surface area contributed by atoms with Crippen molar-refractivity contribution < 1.29 is 0 Å². The highest BCUT2D eigenvalue weighted by Gasteiger charge is 2.18. The second kappa shape index (κ2) is 12.8. The summed E-state index contributed by atoms with van der Waals surface area (Å²) in [6, 6.07) is 57.9. The highest BCUT2D eigenvalue weighted by Crippen LogP contribution is 2.44. The first kappa shape index (κ1) is 30.7. The van der Waals surface area contributed by atoms with Crippen molar-refractivity contribution in [1.82, 2.24) is 0 Å². The molecule has 8 rings (SSSR count). The lowest BCUT2D eigenvalue weighted by molar-refractivity contribution is 1.26. The molecule has 238 valence electrons. The topological polar surface area (TPSA) is 6.48 Å². The molecule has 0 spiro atoms. The SMILES string of the molecule is Cc1ccc(-c2ccc(N(c3cccc(C)c3)c3ccc4sc5ccc(N(c6cccc(C)c6)c6cccc(C)c6)cc5c4c3)cc2)cc1. The first-order valence-electron chi connectivity index (χ1n) is 16.8. The Kier molecular flexibility index (Phi) is 7.99. The van der Waals surface area contributed by atoms with Crippen molar-refractivity contribution in [2.45, 2.75) is 27.7 Å².